The molecule has 2 rings (SSSR count). The van der Waals surface area contributed by atoms with Crippen LogP contribution >= 0.6 is 20.0 Å². The van der Waals surface area contributed by atoms with Crippen molar-refractivity contribution >= 4 is 20.0 Å². The Morgan fingerprint density at radius 2 is 2.27 bits per heavy atom. The molecule has 4 atom stereocenters. The Bertz CT molecular complexity index is 768. The second kappa shape index (κ2) is 5.91. The molecule has 1 aromatic rings. The Kier molecular flexibility index (Phi) is 4.27. The number of nitrogens with one attached hydrogen (secondary N) is 1. The van der Waals surface area contributed by atoms with Crippen molar-refractivity contribution in [3.05, 3.63) is 27.4 Å². The monoisotopic (exact) mass is 359 g/mol. The van der Waals surface area contributed by atoms with Gasteiger partial charge in [0.05, 0.1) is 1.37 Å². The molecule has 1 aliphatic rings. The summed E-state index contributed by atoms with van der Waals surface area (Å²) in [5, 5.41) is 19.7. The van der Waals surface area contributed by atoms with E-state index in [1.54, 1.807) is 0 Å². The van der Waals surface area contributed by atoms with Gasteiger partial charge in [-0.1, -0.05) is 0 Å². The van der Waals surface area contributed by atoms with Crippen LogP contribution in [0.1, 0.15) is 7.57 Å². The Morgan fingerprint density at radius 1 is 1.64 bits per heavy atom. The molecule has 1 saturated heterocycles. The molecular weight excluding hydrogens is 346 g/mol. The number of phosphoric acid groups is 1. The van der Waals surface area contributed by atoms with Gasteiger partial charge in [0.15, 0.2) is 11.0 Å². The number of phosphoric ester groups is 1. The van der Waals surface area contributed by atoms with E-state index in [2.05, 4.69) is 14.2 Å². The molecule has 1 aliphatic heterocycles. The molecule has 1 fully saturated rings. The Labute approximate surface area is 128 Å². The highest BCUT2D eigenvalue weighted by atomic mass is 32.1. The highest BCUT2D eigenvalue weighted by Gasteiger charge is 2.56. The van der Waals surface area contributed by atoms with Gasteiger partial charge < -0.3 is 24.7 Å². The molecule has 1 aromatic heterocycles. The zero-order valence-corrected chi connectivity index (χ0v) is 12.3. The molecule has 2 heterocycles. The third kappa shape index (κ3) is 3.50. The standard InChI is InChI=1S/C9H12FN2O8PS/c10-9(3-19-21(16,17)18)6(15)5(14)7(20-9)12-2-1-4(13)11-8(12)22/h1-2,5-7,14-15H,3H2,(H,11,13,22)(H2,16,17,18)/t5-,6+,7-,9-/m1/s1/i7D. The van der Waals surface area contributed by atoms with Crippen LogP contribution in [0.25, 0.3) is 0 Å². The maximum Gasteiger partial charge on any atom is 0.469 e. The molecule has 124 valence electrons. The molecule has 22 heavy (non-hydrogen) atoms. The lowest BCUT2D eigenvalue weighted by Crippen LogP contribution is -2.42. The van der Waals surface area contributed by atoms with E-state index in [9.17, 15) is 24.0 Å². The van der Waals surface area contributed by atoms with Gasteiger partial charge in [-0.05, 0) is 12.2 Å². The van der Waals surface area contributed by atoms with E-state index in [-0.39, 0.29) is 0 Å². The molecule has 0 aromatic carbocycles. The van der Waals surface area contributed by atoms with E-state index in [4.69, 9.17) is 23.4 Å². The fourth-order valence-corrected chi connectivity index (χ4v) is 2.33. The van der Waals surface area contributed by atoms with Crippen molar-refractivity contribution in [2.75, 3.05) is 6.61 Å². The zero-order chi connectivity index (χ0) is 17.6. The summed E-state index contributed by atoms with van der Waals surface area (Å²) in [4.78, 5) is 30.4. The van der Waals surface area contributed by atoms with Crippen molar-refractivity contribution in [1.82, 2.24) is 9.55 Å². The van der Waals surface area contributed by atoms with Crippen LogP contribution in [0, 0.1) is 4.77 Å². The van der Waals surface area contributed by atoms with Crippen LogP contribution in [0.5, 0.6) is 0 Å². The lowest BCUT2D eigenvalue weighted by atomic mass is 10.1. The second-order valence-electron chi connectivity index (χ2n) is 4.36. The molecule has 5 N–H and O–H groups in total. The van der Waals surface area contributed by atoms with Crippen LogP contribution in [0.2, 0.25) is 0 Å². The molecule has 0 bridgehead atoms. The number of aliphatic hydroxyl groups excluding tert-OH is 2. The minimum atomic E-state index is -5.09. The van der Waals surface area contributed by atoms with Crippen LogP contribution in [-0.4, -0.2) is 54.2 Å². The van der Waals surface area contributed by atoms with E-state index in [1.165, 1.54) is 0 Å². The van der Waals surface area contributed by atoms with Gasteiger partial charge in [-0.3, -0.25) is 18.9 Å². The summed E-state index contributed by atoms with van der Waals surface area (Å²) in [6.07, 6.45) is -6.35. The predicted octanol–water partition coefficient (Wildman–Crippen LogP) is -1.07. The molecule has 0 spiro atoms. The van der Waals surface area contributed by atoms with E-state index in [1.807, 2.05) is 0 Å². The van der Waals surface area contributed by atoms with E-state index < -0.39 is 49.0 Å². The molecular formula is C9H12FN2O8PS. The normalized spacial score (nSPS) is 36.3. The number of H-pyrrole nitrogens is 1. The first-order chi connectivity index (χ1) is 10.4. The molecule has 0 amide bonds. The van der Waals surface area contributed by atoms with Crippen molar-refractivity contribution in [3.8, 4) is 0 Å². The van der Waals surface area contributed by atoms with Gasteiger partial charge in [0, 0.05) is 12.3 Å². The van der Waals surface area contributed by atoms with Crippen molar-refractivity contribution in [2.45, 2.75) is 24.3 Å². The summed E-state index contributed by atoms with van der Waals surface area (Å²) in [6, 6.07) is 0.916. The van der Waals surface area contributed by atoms with Gasteiger partial charge in [-0.25, -0.2) is 8.96 Å². The number of aromatic amines is 1. The summed E-state index contributed by atoms with van der Waals surface area (Å²) >= 11 is 4.77. The largest absolute Gasteiger partial charge is 0.469 e. The zero-order valence-electron chi connectivity index (χ0n) is 11.6. The van der Waals surface area contributed by atoms with Gasteiger partial charge in [-0.15, -0.1) is 0 Å². The molecule has 0 aliphatic carbocycles. The quantitative estimate of drug-likeness (QED) is 0.334. The maximum absolute atomic E-state index is 14.5. The summed E-state index contributed by atoms with van der Waals surface area (Å²) < 4.78 is 42.1. The van der Waals surface area contributed by atoms with Crippen molar-refractivity contribution in [1.29, 1.82) is 0 Å². The first kappa shape index (κ1) is 15.9. The average Bonchev–Trinajstić information content (AvgIpc) is 2.58. The highest BCUT2D eigenvalue weighted by molar-refractivity contribution is 7.71. The van der Waals surface area contributed by atoms with Crippen LogP contribution in [0.3, 0.4) is 0 Å². The Hall–Kier alpha value is -0.980. The summed E-state index contributed by atoms with van der Waals surface area (Å²) in [6.45, 7) is -1.45. The third-order valence-corrected chi connectivity index (χ3v) is 3.52. The Balaban J connectivity index is 2.40. The number of nitrogens with zero attached hydrogens (tertiary/aromatic N) is 1. The number of aromatic nitrogens is 2. The van der Waals surface area contributed by atoms with Gasteiger partial charge in [0.25, 0.3) is 11.4 Å². The SMILES string of the molecule is [2H][C@@]1(n2ccc(=O)[nH]c2=S)O[C@](F)(COP(=O)(O)O)[C@@H](O)[C@H]1O. The van der Waals surface area contributed by atoms with Crippen LogP contribution in [0.4, 0.5) is 4.39 Å². The molecule has 0 saturated carbocycles. The van der Waals surface area contributed by atoms with Crippen LogP contribution < -0.4 is 5.56 Å². The molecule has 10 nitrogen and oxygen atoms in total. The molecule has 0 radical (unpaired) electrons. The van der Waals surface area contributed by atoms with Gasteiger partial charge >= 0.3 is 7.82 Å². The predicted molar refractivity (Wildman–Crippen MR) is 69.9 cm³/mol. The smallest absolute Gasteiger partial charge is 0.385 e. The number of alkyl halides is 1. The lowest BCUT2D eigenvalue weighted by Gasteiger charge is -2.22. The Morgan fingerprint density at radius 3 is 2.82 bits per heavy atom. The fraction of sp³-hybridized carbons (Fsp3) is 0.556. The van der Waals surface area contributed by atoms with Gasteiger partial charge in [-0.2, -0.15) is 0 Å². The summed E-state index contributed by atoms with van der Waals surface area (Å²) in [7, 11) is -5.09. The van der Waals surface area contributed by atoms with Gasteiger partial charge in [0.2, 0.25) is 0 Å². The van der Waals surface area contributed by atoms with Gasteiger partial charge in [0.1, 0.15) is 18.8 Å². The van der Waals surface area contributed by atoms with Crippen molar-refractivity contribution in [3.63, 3.8) is 0 Å². The minimum absolute atomic E-state index is 0.404. The molecule has 13 heteroatoms. The van der Waals surface area contributed by atoms with E-state index in [0.29, 0.717) is 4.57 Å². The molecule has 0 unspecified atom stereocenters. The summed E-state index contributed by atoms with van der Waals surface area (Å²) in [5.41, 5.74) is -0.626. The van der Waals surface area contributed by atoms with E-state index in [0.717, 1.165) is 12.3 Å². The maximum atomic E-state index is 14.5. The number of hydrogen-bond donors (Lipinski definition) is 5. The number of aliphatic hydroxyl groups is 2. The third-order valence-electron chi connectivity index (χ3n) is 2.76. The van der Waals surface area contributed by atoms with Crippen LogP contribution in [-0.2, 0) is 13.8 Å². The summed E-state index contributed by atoms with van der Waals surface area (Å²) in [5.74, 6) is -3.30. The first-order valence-electron chi connectivity index (χ1n) is 6.17. The second-order valence-corrected chi connectivity index (χ2v) is 5.99. The number of hydrogen-bond acceptors (Lipinski definition) is 7. The highest BCUT2D eigenvalue weighted by Crippen LogP contribution is 2.43. The lowest BCUT2D eigenvalue weighted by molar-refractivity contribution is -0.204. The average molecular weight is 359 g/mol. The fourth-order valence-electron chi connectivity index (χ4n) is 1.73. The van der Waals surface area contributed by atoms with Crippen molar-refractivity contribution < 1.29 is 39.6 Å². The van der Waals surface area contributed by atoms with Crippen LogP contribution in [0.15, 0.2) is 17.1 Å². The topological polar surface area (TPSA) is 154 Å². The first-order valence-corrected chi connectivity index (χ1v) is 7.61. The number of halogens is 1. The number of ether oxygens (including phenoxy) is 1. The minimum Gasteiger partial charge on any atom is -0.385 e. The van der Waals surface area contributed by atoms with Crippen molar-refractivity contribution in [2.24, 2.45) is 0 Å². The van der Waals surface area contributed by atoms with E-state index >= 15 is 0 Å². The number of rotatable bonds is 4.